The predicted octanol–water partition coefficient (Wildman–Crippen LogP) is 3.83. The lowest BCUT2D eigenvalue weighted by Crippen LogP contribution is -2.45. The van der Waals surface area contributed by atoms with Crippen LogP contribution < -0.4 is 0 Å². The van der Waals surface area contributed by atoms with Gasteiger partial charge in [0.05, 0.1) is 6.07 Å². The van der Waals surface area contributed by atoms with Crippen LogP contribution in [0.5, 0.6) is 0 Å². The molecule has 19 heavy (non-hydrogen) atoms. The zero-order valence-corrected chi connectivity index (χ0v) is 12.0. The van der Waals surface area contributed by atoms with Gasteiger partial charge in [0.15, 0.2) is 5.78 Å². The average molecular weight is 255 g/mol. The number of carbonyl (C=O) groups excluding carboxylic acids is 1. The van der Waals surface area contributed by atoms with Crippen LogP contribution in [0.3, 0.4) is 0 Å². The van der Waals surface area contributed by atoms with Gasteiger partial charge in [0.25, 0.3) is 0 Å². The van der Waals surface area contributed by atoms with Crippen LogP contribution in [0.15, 0.2) is 24.3 Å². The van der Waals surface area contributed by atoms with Gasteiger partial charge in [-0.15, -0.1) is 0 Å². The van der Waals surface area contributed by atoms with Crippen LogP contribution in [-0.4, -0.2) is 5.78 Å². The van der Waals surface area contributed by atoms with Crippen LogP contribution in [0.25, 0.3) is 0 Å². The number of nitrogens with zero attached hydrogens (tertiary/aromatic N) is 1. The molecule has 2 heteroatoms. The number of carbonyl (C=O) groups is 1. The summed E-state index contributed by atoms with van der Waals surface area (Å²) in [6, 6.07) is 10.5. The quantitative estimate of drug-likeness (QED) is 0.806. The number of benzene rings is 1. The fraction of sp³-hybridized carbons (Fsp3) is 0.529. The third-order valence-corrected chi connectivity index (χ3v) is 4.26. The highest BCUT2D eigenvalue weighted by atomic mass is 16.1. The molecule has 0 bridgehead atoms. The van der Waals surface area contributed by atoms with Crippen molar-refractivity contribution in [2.24, 2.45) is 10.8 Å². The first kappa shape index (κ1) is 13.8. The van der Waals surface area contributed by atoms with Crippen molar-refractivity contribution in [2.75, 3.05) is 0 Å². The normalized spacial score (nSPS) is 25.9. The fourth-order valence-electron chi connectivity index (χ4n) is 3.19. The summed E-state index contributed by atoms with van der Waals surface area (Å²) in [4.78, 5) is 12.7. The summed E-state index contributed by atoms with van der Waals surface area (Å²) >= 11 is 0. The van der Waals surface area contributed by atoms with Crippen molar-refractivity contribution in [1.29, 1.82) is 5.26 Å². The highest BCUT2D eigenvalue weighted by molar-refractivity contribution is 5.93. The standard InChI is InChI=1S/C17H21NO/c1-13-6-4-7-14(10-13)11-17(12-18)9-5-8-16(2,3)15(17)19/h4,6-7,10H,5,8-9,11H2,1-3H3. The second-order valence-corrected chi connectivity index (χ2v) is 6.43. The van der Waals surface area contributed by atoms with Gasteiger partial charge in [-0.2, -0.15) is 5.26 Å². The van der Waals surface area contributed by atoms with Crippen LogP contribution in [0.1, 0.15) is 44.2 Å². The molecule has 2 nitrogen and oxygen atoms in total. The lowest BCUT2D eigenvalue weighted by Gasteiger charge is -2.39. The summed E-state index contributed by atoms with van der Waals surface area (Å²) in [5, 5.41) is 9.60. The van der Waals surface area contributed by atoms with E-state index in [-0.39, 0.29) is 11.2 Å². The second-order valence-electron chi connectivity index (χ2n) is 6.43. The molecular formula is C17H21NO. The maximum atomic E-state index is 12.7. The molecule has 0 radical (unpaired) electrons. The Balaban J connectivity index is 2.34. The first-order valence-corrected chi connectivity index (χ1v) is 6.91. The number of Topliss-reactive ketones (excluding diaryl/α,β-unsaturated/α-hetero) is 1. The summed E-state index contributed by atoms with van der Waals surface area (Å²) < 4.78 is 0. The Kier molecular flexibility index (Phi) is 3.49. The van der Waals surface area contributed by atoms with Gasteiger partial charge in [0.1, 0.15) is 5.41 Å². The van der Waals surface area contributed by atoms with E-state index in [2.05, 4.69) is 12.1 Å². The molecule has 1 aliphatic rings. The van der Waals surface area contributed by atoms with Crippen LogP contribution in [0.4, 0.5) is 0 Å². The molecule has 100 valence electrons. The number of hydrogen-bond acceptors (Lipinski definition) is 2. The zero-order chi connectivity index (χ0) is 14.1. The van der Waals surface area contributed by atoms with E-state index >= 15 is 0 Å². The average Bonchev–Trinajstić information content (AvgIpc) is 2.35. The maximum Gasteiger partial charge on any atom is 0.158 e. The van der Waals surface area contributed by atoms with Crippen molar-refractivity contribution in [3.05, 3.63) is 35.4 Å². The van der Waals surface area contributed by atoms with Crippen LogP contribution in [-0.2, 0) is 11.2 Å². The van der Waals surface area contributed by atoms with Gasteiger partial charge < -0.3 is 0 Å². The molecule has 0 aromatic heterocycles. The Morgan fingerprint density at radius 1 is 1.32 bits per heavy atom. The molecule has 1 aromatic carbocycles. The lowest BCUT2D eigenvalue weighted by molar-refractivity contribution is -0.138. The SMILES string of the molecule is Cc1cccc(CC2(C#N)CCCC(C)(C)C2=O)c1. The minimum absolute atomic E-state index is 0.121. The zero-order valence-electron chi connectivity index (χ0n) is 12.0. The number of nitriles is 1. The van der Waals surface area contributed by atoms with Gasteiger partial charge in [-0.05, 0) is 31.7 Å². The molecule has 1 atom stereocenters. The predicted molar refractivity (Wildman–Crippen MR) is 75.6 cm³/mol. The van der Waals surface area contributed by atoms with Crippen LogP contribution in [0, 0.1) is 29.1 Å². The third-order valence-electron chi connectivity index (χ3n) is 4.26. The largest absolute Gasteiger partial charge is 0.297 e. The molecule has 0 aliphatic heterocycles. The molecule has 0 heterocycles. The molecule has 1 fully saturated rings. The van der Waals surface area contributed by atoms with Crippen LogP contribution in [0.2, 0.25) is 0 Å². The van der Waals surface area contributed by atoms with E-state index in [9.17, 15) is 10.1 Å². The molecule has 1 aliphatic carbocycles. The smallest absolute Gasteiger partial charge is 0.158 e. The Morgan fingerprint density at radius 2 is 2.05 bits per heavy atom. The Morgan fingerprint density at radius 3 is 2.68 bits per heavy atom. The lowest BCUT2D eigenvalue weighted by atomic mass is 9.61. The minimum Gasteiger partial charge on any atom is -0.297 e. The Bertz CT molecular complexity index is 538. The summed E-state index contributed by atoms with van der Waals surface area (Å²) in [5.74, 6) is 0.121. The molecule has 0 N–H and O–H groups in total. The van der Waals surface area contributed by atoms with Crippen LogP contribution >= 0.6 is 0 Å². The van der Waals surface area contributed by atoms with Gasteiger partial charge in [0, 0.05) is 5.41 Å². The molecule has 1 unspecified atom stereocenters. The number of hydrogen-bond donors (Lipinski definition) is 0. The Labute approximate surface area is 115 Å². The molecule has 1 aromatic rings. The number of ketones is 1. The second kappa shape index (κ2) is 4.81. The van der Waals surface area contributed by atoms with E-state index in [1.807, 2.05) is 39.0 Å². The van der Waals surface area contributed by atoms with Crippen molar-refractivity contribution in [1.82, 2.24) is 0 Å². The topological polar surface area (TPSA) is 40.9 Å². The summed E-state index contributed by atoms with van der Waals surface area (Å²) in [5.41, 5.74) is 1.08. The van der Waals surface area contributed by atoms with Gasteiger partial charge in [-0.3, -0.25) is 4.79 Å². The third kappa shape index (κ3) is 2.56. The minimum atomic E-state index is -0.824. The molecule has 0 amide bonds. The van der Waals surface area contributed by atoms with Crippen molar-refractivity contribution >= 4 is 5.78 Å². The number of rotatable bonds is 2. The van der Waals surface area contributed by atoms with Gasteiger partial charge in [-0.1, -0.05) is 50.1 Å². The van der Waals surface area contributed by atoms with E-state index in [0.717, 1.165) is 18.4 Å². The summed E-state index contributed by atoms with van der Waals surface area (Å²) in [6.07, 6.45) is 3.09. The van der Waals surface area contributed by atoms with Crippen molar-refractivity contribution in [2.45, 2.75) is 46.5 Å². The van der Waals surface area contributed by atoms with Crippen molar-refractivity contribution < 1.29 is 4.79 Å². The summed E-state index contributed by atoms with van der Waals surface area (Å²) in [6.45, 7) is 5.98. The Hall–Kier alpha value is -1.62. The van der Waals surface area contributed by atoms with Gasteiger partial charge in [0.2, 0.25) is 0 Å². The molecular weight excluding hydrogens is 234 g/mol. The van der Waals surface area contributed by atoms with E-state index < -0.39 is 5.41 Å². The van der Waals surface area contributed by atoms with Crippen molar-refractivity contribution in [3.63, 3.8) is 0 Å². The highest BCUT2D eigenvalue weighted by Crippen LogP contribution is 2.44. The van der Waals surface area contributed by atoms with E-state index in [4.69, 9.17) is 0 Å². The van der Waals surface area contributed by atoms with E-state index in [0.29, 0.717) is 12.8 Å². The molecule has 1 saturated carbocycles. The van der Waals surface area contributed by atoms with E-state index in [1.54, 1.807) is 0 Å². The fourth-order valence-corrected chi connectivity index (χ4v) is 3.19. The molecule has 0 saturated heterocycles. The summed E-state index contributed by atoms with van der Waals surface area (Å²) in [7, 11) is 0. The van der Waals surface area contributed by atoms with E-state index in [1.165, 1.54) is 5.56 Å². The maximum absolute atomic E-state index is 12.7. The monoisotopic (exact) mass is 255 g/mol. The highest BCUT2D eigenvalue weighted by Gasteiger charge is 2.48. The van der Waals surface area contributed by atoms with Crippen molar-refractivity contribution in [3.8, 4) is 6.07 Å². The first-order valence-electron chi connectivity index (χ1n) is 6.91. The van der Waals surface area contributed by atoms with Gasteiger partial charge >= 0.3 is 0 Å². The van der Waals surface area contributed by atoms with Gasteiger partial charge in [-0.25, -0.2) is 0 Å². The molecule has 0 spiro atoms. The first-order chi connectivity index (χ1) is 8.89. The molecule has 2 rings (SSSR count). The number of aryl methyl sites for hydroxylation is 1.